The molecule has 2 aliphatic heterocycles. The van der Waals surface area contributed by atoms with Gasteiger partial charge in [-0.05, 0) is 48.2 Å². The van der Waals surface area contributed by atoms with Crippen LogP contribution >= 0.6 is 0 Å². The molecule has 0 radical (unpaired) electrons. The summed E-state index contributed by atoms with van der Waals surface area (Å²) in [4.78, 5) is 37.6. The van der Waals surface area contributed by atoms with Gasteiger partial charge in [-0.15, -0.1) is 0 Å². The highest BCUT2D eigenvalue weighted by Crippen LogP contribution is 2.47. The number of fused-ring (bicyclic) bond motifs is 2. The Morgan fingerprint density at radius 1 is 0.857 bits per heavy atom. The molecule has 0 saturated carbocycles. The molecule has 0 unspecified atom stereocenters. The number of H-pyrrole nitrogens is 2. The number of benzene rings is 3. The van der Waals surface area contributed by atoms with Crippen LogP contribution < -0.4 is 14.4 Å². The van der Waals surface area contributed by atoms with Gasteiger partial charge >= 0.3 is 0 Å². The number of nitrogens with one attached hydrogen (secondary N) is 2. The maximum Gasteiger partial charge on any atom is 0.228 e. The number of carbonyl (C=O) groups is 2. The molecule has 3 aromatic carbocycles. The first-order chi connectivity index (χ1) is 20.5. The van der Waals surface area contributed by atoms with Crippen molar-refractivity contribution in [1.82, 2.24) is 14.9 Å². The molecule has 2 aliphatic rings. The number of piperidine rings is 1. The number of hydrogen-bond acceptors (Lipinski definition) is 4. The predicted octanol–water partition coefficient (Wildman–Crippen LogP) is 5.63. The fraction of sp³-hybridized carbons (Fsp3) is 0.294. The number of nitrogens with zero attached hydrogens (tertiary/aromatic N) is 2. The Morgan fingerprint density at radius 3 is 2.07 bits per heavy atom. The van der Waals surface area contributed by atoms with E-state index in [2.05, 4.69) is 70.9 Å². The molecule has 2 saturated heterocycles. The summed E-state index contributed by atoms with van der Waals surface area (Å²) in [6.45, 7) is 1.56. The van der Waals surface area contributed by atoms with Gasteiger partial charge in [-0.1, -0.05) is 36.4 Å². The lowest BCUT2D eigenvalue weighted by atomic mass is 9.67. The van der Waals surface area contributed by atoms with Gasteiger partial charge < -0.3 is 29.2 Å². The van der Waals surface area contributed by atoms with Crippen molar-refractivity contribution in [3.05, 3.63) is 90.3 Å². The first-order valence-electron chi connectivity index (χ1n) is 14.5. The molecule has 4 heterocycles. The van der Waals surface area contributed by atoms with Crippen LogP contribution in [0.15, 0.2) is 79.1 Å². The predicted molar refractivity (Wildman–Crippen MR) is 163 cm³/mol. The number of hydrogen-bond donors (Lipinski definition) is 2. The average molecular weight is 563 g/mol. The Hall–Kier alpha value is -4.72. The van der Waals surface area contributed by atoms with Crippen LogP contribution in [0, 0.1) is 5.92 Å². The van der Waals surface area contributed by atoms with Gasteiger partial charge in [-0.3, -0.25) is 9.59 Å². The normalized spacial score (nSPS) is 18.6. The van der Waals surface area contributed by atoms with Gasteiger partial charge in [0.1, 0.15) is 11.5 Å². The molecular formula is C34H34N4O4. The van der Waals surface area contributed by atoms with Crippen molar-refractivity contribution in [3.8, 4) is 11.5 Å². The molecule has 214 valence electrons. The standard InChI is InChI=1S/C34H34N4O4/c1-41-23-11-12-31(42-2)30(18-23)38-21-22(17-32(38)39)33(40)37-15-13-34(14-16-37,26-19-35-28-9-5-3-7-24(26)28)27-20-36-29-10-6-4-8-25(27)29/h3-12,18-20,22,35-36H,13-17,21H2,1-2H3/t22-/m0/s1. The quantitative estimate of drug-likeness (QED) is 0.281. The molecule has 0 bridgehead atoms. The molecular weight excluding hydrogens is 528 g/mol. The third kappa shape index (κ3) is 4.12. The first-order valence-corrected chi connectivity index (χ1v) is 14.5. The number of anilines is 1. The Kier molecular flexibility index (Phi) is 6.41. The summed E-state index contributed by atoms with van der Waals surface area (Å²) in [5, 5.41) is 2.43. The Bertz CT molecular complexity index is 1720. The zero-order valence-electron chi connectivity index (χ0n) is 23.9. The number of para-hydroxylation sites is 2. The van der Waals surface area contributed by atoms with Crippen LogP contribution in [-0.2, 0) is 15.0 Å². The van der Waals surface area contributed by atoms with Crippen molar-refractivity contribution in [3.63, 3.8) is 0 Å². The van der Waals surface area contributed by atoms with Crippen molar-refractivity contribution in [1.29, 1.82) is 0 Å². The molecule has 2 amide bonds. The van der Waals surface area contributed by atoms with Gasteiger partial charge in [-0.25, -0.2) is 0 Å². The molecule has 42 heavy (non-hydrogen) atoms. The fourth-order valence-electron chi connectivity index (χ4n) is 7.10. The summed E-state index contributed by atoms with van der Waals surface area (Å²) in [5.74, 6) is 0.776. The monoisotopic (exact) mass is 562 g/mol. The summed E-state index contributed by atoms with van der Waals surface area (Å²) < 4.78 is 10.9. The van der Waals surface area contributed by atoms with Crippen molar-refractivity contribution < 1.29 is 19.1 Å². The van der Waals surface area contributed by atoms with Crippen LogP contribution in [0.4, 0.5) is 5.69 Å². The van der Waals surface area contributed by atoms with E-state index in [9.17, 15) is 9.59 Å². The highest BCUT2D eigenvalue weighted by molar-refractivity contribution is 6.01. The fourth-order valence-corrected chi connectivity index (χ4v) is 7.10. The van der Waals surface area contributed by atoms with E-state index < -0.39 is 5.92 Å². The van der Waals surface area contributed by atoms with E-state index in [-0.39, 0.29) is 23.7 Å². The van der Waals surface area contributed by atoms with Gasteiger partial charge in [0.2, 0.25) is 11.8 Å². The van der Waals surface area contributed by atoms with Gasteiger partial charge in [0.25, 0.3) is 0 Å². The van der Waals surface area contributed by atoms with Crippen molar-refractivity contribution in [2.75, 3.05) is 38.8 Å². The second-order valence-corrected chi connectivity index (χ2v) is 11.3. The molecule has 0 spiro atoms. The maximum atomic E-state index is 13.9. The average Bonchev–Trinajstić information content (AvgIpc) is 3.77. The van der Waals surface area contributed by atoms with Crippen LogP contribution in [0.5, 0.6) is 11.5 Å². The van der Waals surface area contributed by atoms with E-state index in [1.54, 1.807) is 37.3 Å². The van der Waals surface area contributed by atoms with E-state index in [0.29, 0.717) is 36.8 Å². The number of aromatic amines is 2. The van der Waals surface area contributed by atoms with Gasteiger partial charge in [0.15, 0.2) is 0 Å². The molecule has 7 rings (SSSR count). The molecule has 2 N–H and O–H groups in total. The molecule has 2 aromatic heterocycles. The molecule has 0 aliphatic carbocycles. The van der Waals surface area contributed by atoms with Gasteiger partial charge in [0, 0.05) is 71.7 Å². The lowest BCUT2D eigenvalue weighted by Crippen LogP contribution is -2.47. The van der Waals surface area contributed by atoms with Crippen LogP contribution in [0.25, 0.3) is 21.8 Å². The van der Waals surface area contributed by atoms with E-state index in [4.69, 9.17) is 9.47 Å². The van der Waals surface area contributed by atoms with E-state index in [0.717, 1.165) is 23.9 Å². The minimum atomic E-state index is -0.401. The van der Waals surface area contributed by atoms with Gasteiger partial charge in [0.05, 0.1) is 25.8 Å². The molecule has 8 heteroatoms. The zero-order chi connectivity index (χ0) is 28.8. The molecule has 8 nitrogen and oxygen atoms in total. The largest absolute Gasteiger partial charge is 0.497 e. The van der Waals surface area contributed by atoms with Crippen LogP contribution in [0.3, 0.4) is 0 Å². The second-order valence-electron chi connectivity index (χ2n) is 11.3. The second kappa shape index (κ2) is 10.3. The van der Waals surface area contributed by atoms with E-state index in [1.807, 2.05) is 4.90 Å². The zero-order valence-corrected chi connectivity index (χ0v) is 23.9. The van der Waals surface area contributed by atoms with Crippen molar-refractivity contribution in [2.45, 2.75) is 24.7 Å². The van der Waals surface area contributed by atoms with Crippen molar-refractivity contribution >= 4 is 39.3 Å². The minimum absolute atomic E-state index is 0.0409. The Labute approximate surface area is 244 Å². The number of likely N-dealkylation sites (tertiary alicyclic amines) is 1. The summed E-state index contributed by atoms with van der Waals surface area (Å²) in [6.07, 6.45) is 6.07. The number of rotatable bonds is 6. The molecule has 2 fully saturated rings. The lowest BCUT2D eigenvalue weighted by Gasteiger charge is -2.43. The SMILES string of the molecule is COc1ccc(OC)c(N2C[C@@H](C(=O)N3CCC(c4c[nH]c5ccccc45)(c4c[nH]c5ccccc45)CC3)CC2=O)c1. The topological polar surface area (TPSA) is 90.7 Å². The summed E-state index contributed by atoms with van der Waals surface area (Å²) in [7, 11) is 3.17. The summed E-state index contributed by atoms with van der Waals surface area (Å²) >= 11 is 0. The van der Waals surface area contributed by atoms with Gasteiger partial charge in [-0.2, -0.15) is 0 Å². The minimum Gasteiger partial charge on any atom is -0.497 e. The molecule has 5 aromatic rings. The van der Waals surface area contributed by atoms with E-state index >= 15 is 0 Å². The summed E-state index contributed by atoms with van der Waals surface area (Å²) in [6, 6.07) is 22.2. The van der Waals surface area contributed by atoms with Crippen molar-refractivity contribution in [2.24, 2.45) is 5.92 Å². The highest BCUT2D eigenvalue weighted by atomic mass is 16.5. The lowest BCUT2D eigenvalue weighted by molar-refractivity contribution is -0.137. The first kappa shape index (κ1) is 26.2. The summed E-state index contributed by atoms with van der Waals surface area (Å²) in [5.41, 5.74) is 5.13. The smallest absolute Gasteiger partial charge is 0.228 e. The third-order valence-electron chi connectivity index (χ3n) is 9.29. The Balaban J connectivity index is 1.17. The number of methoxy groups -OCH3 is 2. The van der Waals surface area contributed by atoms with E-state index in [1.165, 1.54) is 21.9 Å². The number of aromatic nitrogens is 2. The molecule has 1 atom stereocenters. The van der Waals surface area contributed by atoms with Crippen LogP contribution in [0.1, 0.15) is 30.4 Å². The third-order valence-corrected chi connectivity index (χ3v) is 9.29. The van der Waals surface area contributed by atoms with Crippen LogP contribution in [-0.4, -0.2) is 60.5 Å². The highest BCUT2D eigenvalue weighted by Gasteiger charge is 2.44. The number of carbonyl (C=O) groups excluding carboxylic acids is 2. The Morgan fingerprint density at radius 2 is 1.48 bits per heavy atom. The number of ether oxygens (including phenoxy) is 2. The van der Waals surface area contributed by atoms with Crippen LogP contribution in [0.2, 0.25) is 0 Å². The maximum absolute atomic E-state index is 13.9. The number of amides is 2.